The van der Waals surface area contributed by atoms with Crippen molar-refractivity contribution in [3.05, 3.63) is 0 Å². The molecule has 0 aromatic rings. The topological polar surface area (TPSA) is 26.0 Å². The van der Waals surface area contributed by atoms with Crippen molar-refractivity contribution < 1.29 is 8.78 Å². The van der Waals surface area contributed by atoms with Crippen LogP contribution >= 0.6 is 0 Å². The molecular weight excluding hydrogens is 196 g/mol. The minimum absolute atomic E-state index is 0.0832. The van der Waals surface area contributed by atoms with E-state index < -0.39 is 6.43 Å². The van der Waals surface area contributed by atoms with Gasteiger partial charge in [0.15, 0.2) is 0 Å². The number of alkyl halides is 2. The molecule has 0 saturated heterocycles. The average molecular weight is 215 g/mol. The van der Waals surface area contributed by atoms with Crippen molar-refractivity contribution in [1.82, 2.24) is 0 Å². The molecule has 4 rings (SSSR count). The van der Waals surface area contributed by atoms with Gasteiger partial charge >= 0.3 is 0 Å². The van der Waals surface area contributed by atoms with Gasteiger partial charge in [0.25, 0.3) is 0 Å². The first kappa shape index (κ1) is 10.0. The maximum absolute atomic E-state index is 13.0. The molecule has 86 valence electrons. The molecule has 4 bridgehead atoms. The van der Waals surface area contributed by atoms with E-state index in [1.807, 2.05) is 0 Å². The molecule has 0 aromatic heterocycles. The number of hydrogen-bond acceptors (Lipinski definition) is 1. The quantitative estimate of drug-likeness (QED) is 0.715. The van der Waals surface area contributed by atoms with Crippen molar-refractivity contribution in [2.24, 2.45) is 29.4 Å². The minimum Gasteiger partial charge on any atom is -0.325 e. The smallest absolute Gasteiger partial charge is 0.241 e. The second-order valence-corrected chi connectivity index (χ2v) is 6.17. The molecule has 0 aliphatic heterocycles. The molecule has 15 heavy (non-hydrogen) atoms. The second kappa shape index (κ2) is 3.16. The third-order valence-electron chi connectivity index (χ3n) is 4.90. The van der Waals surface area contributed by atoms with Gasteiger partial charge in [-0.2, -0.15) is 0 Å². The van der Waals surface area contributed by atoms with E-state index in [2.05, 4.69) is 0 Å². The number of rotatable bonds is 1. The van der Waals surface area contributed by atoms with E-state index in [1.54, 1.807) is 0 Å². The predicted molar refractivity (Wildman–Crippen MR) is 54.6 cm³/mol. The Kier molecular flexibility index (Phi) is 2.11. The fraction of sp³-hybridized carbons (Fsp3) is 1.00. The highest BCUT2D eigenvalue weighted by molar-refractivity contribution is 5.04. The zero-order valence-electron chi connectivity index (χ0n) is 8.96. The van der Waals surface area contributed by atoms with Crippen LogP contribution in [-0.4, -0.2) is 12.0 Å². The van der Waals surface area contributed by atoms with Gasteiger partial charge < -0.3 is 5.73 Å². The molecule has 4 fully saturated rings. The summed E-state index contributed by atoms with van der Waals surface area (Å²) in [7, 11) is 0. The van der Waals surface area contributed by atoms with E-state index in [4.69, 9.17) is 5.73 Å². The lowest BCUT2D eigenvalue weighted by Crippen LogP contribution is -2.50. The highest BCUT2D eigenvalue weighted by Crippen LogP contribution is 2.55. The SMILES string of the molecule is NC12CC3CC(CC(C(F)F)C(C3)C1)C2. The fourth-order valence-electron chi connectivity index (χ4n) is 4.64. The average Bonchev–Trinajstić information content (AvgIpc) is 2.26. The van der Waals surface area contributed by atoms with Crippen molar-refractivity contribution >= 4 is 0 Å². The molecule has 4 aliphatic rings. The van der Waals surface area contributed by atoms with Crippen molar-refractivity contribution in [3.8, 4) is 0 Å². The van der Waals surface area contributed by atoms with Crippen LogP contribution in [0.5, 0.6) is 0 Å². The first-order valence-electron chi connectivity index (χ1n) is 6.13. The van der Waals surface area contributed by atoms with Crippen molar-refractivity contribution in [2.75, 3.05) is 0 Å². The van der Waals surface area contributed by atoms with E-state index in [0.717, 1.165) is 32.1 Å². The largest absolute Gasteiger partial charge is 0.325 e. The van der Waals surface area contributed by atoms with Gasteiger partial charge in [-0.05, 0) is 56.3 Å². The highest BCUT2D eigenvalue weighted by Gasteiger charge is 2.51. The maximum Gasteiger partial charge on any atom is 0.241 e. The molecule has 5 atom stereocenters. The van der Waals surface area contributed by atoms with Gasteiger partial charge in [0.1, 0.15) is 0 Å². The molecule has 0 aromatic carbocycles. The lowest BCUT2D eigenvalue weighted by molar-refractivity contribution is 0.0218. The van der Waals surface area contributed by atoms with Crippen LogP contribution in [0.15, 0.2) is 0 Å². The lowest BCUT2D eigenvalue weighted by atomic mass is 9.63. The Bertz CT molecular complexity index is 268. The van der Waals surface area contributed by atoms with E-state index in [1.165, 1.54) is 6.42 Å². The highest BCUT2D eigenvalue weighted by atomic mass is 19.3. The zero-order valence-corrected chi connectivity index (χ0v) is 8.96. The van der Waals surface area contributed by atoms with Gasteiger partial charge in [-0.3, -0.25) is 0 Å². The number of nitrogens with two attached hydrogens (primary N) is 1. The molecule has 0 spiro atoms. The summed E-state index contributed by atoms with van der Waals surface area (Å²) >= 11 is 0. The molecule has 0 heterocycles. The summed E-state index contributed by atoms with van der Waals surface area (Å²) in [5, 5.41) is 0. The zero-order chi connectivity index (χ0) is 10.6. The van der Waals surface area contributed by atoms with Crippen LogP contribution in [0.4, 0.5) is 8.78 Å². The molecule has 3 heteroatoms. The number of fused-ring (bicyclic) bond motifs is 1. The van der Waals surface area contributed by atoms with Gasteiger partial charge in [0.05, 0.1) is 0 Å². The van der Waals surface area contributed by atoms with Gasteiger partial charge in [-0.15, -0.1) is 0 Å². The molecular formula is C12H19F2N. The molecule has 1 nitrogen and oxygen atoms in total. The van der Waals surface area contributed by atoms with Gasteiger partial charge in [-0.25, -0.2) is 8.78 Å². The van der Waals surface area contributed by atoms with Crippen LogP contribution < -0.4 is 5.73 Å². The number of halogens is 2. The van der Waals surface area contributed by atoms with Crippen LogP contribution in [-0.2, 0) is 0 Å². The van der Waals surface area contributed by atoms with Crippen LogP contribution in [0.1, 0.15) is 38.5 Å². The maximum atomic E-state index is 13.0. The lowest BCUT2D eigenvalue weighted by Gasteiger charge is -2.46. The van der Waals surface area contributed by atoms with Crippen molar-refractivity contribution in [1.29, 1.82) is 0 Å². The fourth-order valence-corrected chi connectivity index (χ4v) is 4.64. The van der Waals surface area contributed by atoms with Crippen LogP contribution in [0.25, 0.3) is 0 Å². The Hall–Kier alpha value is -0.180. The van der Waals surface area contributed by atoms with Crippen molar-refractivity contribution in [2.45, 2.75) is 50.5 Å². The summed E-state index contributed by atoms with van der Waals surface area (Å²) in [5.74, 6) is 0.989. The van der Waals surface area contributed by atoms with E-state index in [-0.39, 0.29) is 17.4 Å². The summed E-state index contributed by atoms with van der Waals surface area (Å²) in [6, 6.07) is 0. The van der Waals surface area contributed by atoms with Gasteiger partial charge in [-0.1, -0.05) is 0 Å². The molecule has 4 aliphatic carbocycles. The summed E-state index contributed by atoms with van der Waals surface area (Å²) in [4.78, 5) is 0. The summed E-state index contributed by atoms with van der Waals surface area (Å²) in [5.41, 5.74) is 6.26. The first-order valence-corrected chi connectivity index (χ1v) is 6.13. The Morgan fingerprint density at radius 3 is 2.27 bits per heavy atom. The third kappa shape index (κ3) is 1.59. The molecule has 5 unspecified atom stereocenters. The normalized spacial score (nSPS) is 53.6. The van der Waals surface area contributed by atoms with Crippen LogP contribution in [0.3, 0.4) is 0 Å². The molecule has 4 saturated carbocycles. The van der Waals surface area contributed by atoms with E-state index >= 15 is 0 Å². The molecule has 0 amide bonds. The van der Waals surface area contributed by atoms with E-state index in [0.29, 0.717) is 11.8 Å². The third-order valence-corrected chi connectivity index (χ3v) is 4.90. The first-order chi connectivity index (χ1) is 7.06. The summed E-state index contributed by atoms with van der Waals surface area (Å²) in [6.45, 7) is 0. The standard InChI is InChI=1S/C12H19F2N/c13-11(14)10-3-8-1-7-2-9(10)6-12(15,4-7)5-8/h7-11H,1-6,15H2. The Morgan fingerprint density at radius 1 is 1.00 bits per heavy atom. The second-order valence-electron chi connectivity index (χ2n) is 6.17. The van der Waals surface area contributed by atoms with Crippen LogP contribution in [0, 0.1) is 23.7 Å². The Labute approximate surface area is 89.4 Å². The van der Waals surface area contributed by atoms with Gasteiger partial charge in [0, 0.05) is 11.5 Å². The molecule has 0 radical (unpaired) electrons. The van der Waals surface area contributed by atoms with Crippen molar-refractivity contribution in [3.63, 3.8) is 0 Å². The Balaban J connectivity index is 1.90. The Morgan fingerprint density at radius 2 is 1.67 bits per heavy atom. The van der Waals surface area contributed by atoms with Gasteiger partial charge in [0.2, 0.25) is 6.43 Å². The molecule has 2 N–H and O–H groups in total. The number of hydrogen-bond donors (Lipinski definition) is 1. The predicted octanol–water partition coefficient (Wildman–Crippen LogP) is 2.80. The minimum atomic E-state index is -2.13. The van der Waals surface area contributed by atoms with Crippen LogP contribution in [0.2, 0.25) is 0 Å². The van der Waals surface area contributed by atoms with E-state index in [9.17, 15) is 8.78 Å². The summed E-state index contributed by atoms with van der Waals surface area (Å²) < 4.78 is 25.9. The summed E-state index contributed by atoms with van der Waals surface area (Å²) in [6.07, 6.45) is 3.74. The monoisotopic (exact) mass is 215 g/mol.